The van der Waals surface area contributed by atoms with E-state index in [0.29, 0.717) is 5.41 Å². The van der Waals surface area contributed by atoms with Gasteiger partial charge in [0.1, 0.15) is 0 Å². The van der Waals surface area contributed by atoms with E-state index in [2.05, 4.69) is 45.1 Å². The second-order valence-corrected chi connectivity index (χ2v) is 4.74. The Labute approximate surface area is 80.2 Å². The molecule has 0 saturated heterocycles. The van der Waals surface area contributed by atoms with Crippen molar-refractivity contribution in [2.75, 3.05) is 11.9 Å². The normalized spacial score (nSPS) is 18.2. The summed E-state index contributed by atoms with van der Waals surface area (Å²) < 4.78 is 0. The van der Waals surface area contributed by atoms with Gasteiger partial charge in [-0.1, -0.05) is 19.9 Å². The van der Waals surface area contributed by atoms with E-state index < -0.39 is 0 Å². The second kappa shape index (κ2) is 2.50. The lowest BCUT2D eigenvalue weighted by molar-refractivity contribution is 0.583. The highest BCUT2D eigenvalue weighted by molar-refractivity contribution is 5.64. The molecule has 0 radical (unpaired) electrons. The van der Waals surface area contributed by atoms with Gasteiger partial charge < -0.3 is 5.32 Å². The van der Waals surface area contributed by atoms with E-state index in [1.807, 2.05) is 0 Å². The first-order valence-electron chi connectivity index (χ1n) is 4.86. The molecule has 1 aromatic rings. The van der Waals surface area contributed by atoms with Crippen molar-refractivity contribution in [3.8, 4) is 0 Å². The highest BCUT2D eigenvalue weighted by atomic mass is 14.9. The second-order valence-electron chi connectivity index (χ2n) is 4.74. The van der Waals surface area contributed by atoms with Crippen LogP contribution in [0.15, 0.2) is 12.1 Å². The molecule has 0 fully saturated rings. The number of nitrogens with one attached hydrogen (secondary N) is 1. The maximum Gasteiger partial charge on any atom is 0.0384 e. The number of benzene rings is 1. The van der Waals surface area contributed by atoms with Gasteiger partial charge in [-0.05, 0) is 36.6 Å². The first kappa shape index (κ1) is 8.61. The zero-order chi connectivity index (χ0) is 9.64. The first-order chi connectivity index (χ1) is 6.00. The van der Waals surface area contributed by atoms with Crippen molar-refractivity contribution < 1.29 is 0 Å². The van der Waals surface area contributed by atoms with Crippen molar-refractivity contribution in [3.63, 3.8) is 0 Å². The van der Waals surface area contributed by atoms with E-state index >= 15 is 0 Å². The van der Waals surface area contributed by atoms with Gasteiger partial charge in [0.25, 0.3) is 0 Å². The smallest absolute Gasteiger partial charge is 0.0384 e. The Balaban J connectivity index is 2.65. The molecule has 1 N–H and O–H groups in total. The van der Waals surface area contributed by atoms with Crippen LogP contribution in [-0.2, 0) is 5.41 Å². The summed E-state index contributed by atoms with van der Waals surface area (Å²) in [6.07, 6.45) is 0. The SMILES string of the molecule is Cc1cc(C)c2c(c1)NCC2(C)C. The summed E-state index contributed by atoms with van der Waals surface area (Å²) in [5.41, 5.74) is 5.90. The van der Waals surface area contributed by atoms with Crippen molar-refractivity contribution in [2.24, 2.45) is 0 Å². The molecular weight excluding hydrogens is 158 g/mol. The maximum atomic E-state index is 3.47. The van der Waals surface area contributed by atoms with Crippen LogP contribution in [0.5, 0.6) is 0 Å². The quantitative estimate of drug-likeness (QED) is 0.639. The summed E-state index contributed by atoms with van der Waals surface area (Å²) in [6.45, 7) is 10.0. The standard InChI is InChI=1S/C12H17N/c1-8-5-9(2)11-10(6-8)13-7-12(11,3)4/h5-6,13H,7H2,1-4H3. The number of hydrogen-bond acceptors (Lipinski definition) is 1. The minimum Gasteiger partial charge on any atom is -0.384 e. The largest absolute Gasteiger partial charge is 0.384 e. The van der Waals surface area contributed by atoms with Crippen LogP contribution < -0.4 is 5.32 Å². The molecule has 1 heterocycles. The van der Waals surface area contributed by atoms with Gasteiger partial charge in [-0.25, -0.2) is 0 Å². The van der Waals surface area contributed by atoms with Crippen molar-refractivity contribution in [3.05, 3.63) is 28.8 Å². The molecule has 0 saturated carbocycles. The first-order valence-corrected chi connectivity index (χ1v) is 4.86. The molecule has 1 aliphatic rings. The Hall–Kier alpha value is -0.980. The van der Waals surface area contributed by atoms with Gasteiger partial charge in [0, 0.05) is 17.6 Å². The Morgan fingerprint density at radius 1 is 1.23 bits per heavy atom. The van der Waals surface area contributed by atoms with Gasteiger partial charge in [0.15, 0.2) is 0 Å². The van der Waals surface area contributed by atoms with Crippen LogP contribution in [0.1, 0.15) is 30.5 Å². The molecule has 2 rings (SSSR count). The predicted octanol–water partition coefficient (Wildman–Crippen LogP) is 3.01. The van der Waals surface area contributed by atoms with Gasteiger partial charge in [-0.3, -0.25) is 0 Å². The minimum absolute atomic E-state index is 0.299. The lowest BCUT2D eigenvalue weighted by Crippen LogP contribution is -2.19. The van der Waals surface area contributed by atoms with Crippen LogP contribution in [0, 0.1) is 13.8 Å². The topological polar surface area (TPSA) is 12.0 Å². The number of anilines is 1. The molecule has 70 valence electrons. The van der Waals surface area contributed by atoms with E-state index in [0.717, 1.165) is 6.54 Å². The molecular formula is C12H17N. The average Bonchev–Trinajstić information content (AvgIpc) is 2.26. The third-order valence-electron chi connectivity index (χ3n) is 2.88. The predicted molar refractivity (Wildman–Crippen MR) is 57.4 cm³/mol. The molecule has 0 aliphatic carbocycles. The number of fused-ring (bicyclic) bond motifs is 1. The van der Waals surface area contributed by atoms with E-state index in [4.69, 9.17) is 0 Å². The highest BCUT2D eigenvalue weighted by Gasteiger charge is 2.30. The summed E-state index contributed by atoms with van der Waals surface area (Å²) in [7, 11) is 0. The van der Waals surface area contributed by atoms with Crippen LogP contribution >= 0.6 is 0 Å². The van der Waals surface area contributed by atoms with Crippen LogP contribution in [0.25, 0.3) is 0 Å². The van der Waals surface area contributed by atoms with Gasteiger partial charge in [0.2, 0.25) is 0 Å². The summed E-state index contributed by atoms with van der Waals surface area (Å²) >= 11 is 0. The van der Waals surface area contributed by atoms with E-state index in [9.17, 15) is 0 Å². The molecule has 1 nitrogen and oxygen atoms in total. The zero-order valence-electron chi connectivity index (χ0n) is 8.86. The molecule has 1 aliphatic heterocycles. The summed E-state index contributed by atoms with van der Waals surface area (Å²) in [5, 5.41) is 3.47. The lowest BCUT2D eigenvalue weighted by atomic mass is 9.83. The van der Waals surface area contributed by atoms with E-state index in [-0.39, 0.29) is 0 Å². The van der Waals surface area contributed by atoms with Gasteiger partial charge in [0.05, 0.1) is 0 Å². The van der Waals surface area contributed by atoms with Crippen molar-refractivity contribution in [1.82, 2.24) is 0 Å². The van der Waals surface area contributed by atoms with Gasteiger partial charge in [-0.15, -0.1) is 0 Å². The summed E-state index contributed by atoms with van der Waals surface area (Å²) in [6, 6.07) is 4.52. The average molecular weight is 175 g/mol. The molecule has 1 heteroatoms. The molecule has 0 atom stereocenters. The molecule has 13 heavy (non-hydrogen) atoms. The molecule has 0 aromatic heterocycles. The minimum atomic E-state index is 0.299. The van der Waals surface area contributed by atoms with Crippen molar-refractivity contribution in [2.45, 2.75) is 33.1 Å². The van der Waals surface area contributed by atoms with Crippen molar-refractivity contribution >= 4 is 5.69 Å². The lowest BCUT2D eigenvalue weighted by Gasteiger charge is -2.19. The highest BCUT2D eigenvalue weighted by Crippen LogP contribution is 2.38. The Morgan fingerprint density at radius 3 is 2.62 bits per heavy atom. The Kier molecular flexibility index (Phi) is 1.66. The number of hydrogen-bond donors (Lipinski definition) is 1. The summed E-state index contributed by atoms with van der Waals surface area (Å²) in [4.78, 5) is 0. The van der Waals surface area contributed by atoms with Crippen molar-refractivity contribution in [1.29, 1.82) is 0 Å². The van der Waals surface area contributed by atoms with Crippen LogP contribution in [0.4, 0.5) is 5.69 Å². The van der Waals surface area contributed by atoms with Crippen LogP contribution in [0.3, 0.4) is 0 Å². The fraction of sp³-hybridized carbons (Fsp3) is 0.500. The number of rotatable bonds is 0. The maximum absolute atomic E-state index is 3.47. The molecule has 0 spiro atoms. The van der Waals surface area contributed by atoms with Gasteiger partial charge in [-0.2, -0.15) is 0 Å². The molecule has 0 unspecified atom stereocenters. The number of aryl methyl sites for hydroxylation is 2. The van der Waals surface area contributed by atoms with Crippen LogP contribution in [-0.4, -0.2) is 6.54 Å². The van der Waals surface area contributed by atoms with Gasteiger partial charge >= 0.3 is 0 Å². The third kappa shape index (κ3) is 1.23. The fourth-order valence-electron chi connectivity index (χ4n) is 2.41. The molecule has 0 bridgehead atoms. The fourth-order valence-corrected chi connectivity index (χ4v) is 2.41. The third-order valence-corrected chi connectivity index (χ3v) is 2.88. The van der Waals surface area contributed by atoms with E-state index in [1.165, 1.54) is 22.4 Å². The Morgan fingerprint density at radius 2 is 1.92 bits per heavy atom. The van der Waals surface area contributed by atoms with Crippen LogP contribution in [0.2, 0.25) is 0 Å². The molecule has 1 aromatic carbocycles. The van der Waals surface area contributed by atoms with E-state index in [1.54, 1.807) is 0 Å². The molecule has 0 amide bonds. The monoisotopic (exact) mass is 175 g/mol. The zero-order valence-corrected chi connectivity index (χ0v) is 8.86. The Bertz CT molecular complexity index is 350. The summed E-state index contributed by atoms with van der Waals surface area (Å²) in [5.74, 6) is 0.